The molecule has 3 rings (SSSR count). The lowest BCUT2D eigenvalue weighted by Crippen LogP contribution is -2.02. The van der Waals surface area contributed by atoms with E-state index in [1.54, 1.807) is 0 Å². The van der Waals surface area contributed by atoms with Gasteiger partial charge in [-0.1, -0.05) is 34.0 Å². The first-order valence-electron chi connectivity index (χ1n) is 7.04. The van der Waals surface area contributed by atoms with Crippen molar-refractivity contribution in [3.8, 4) is 5.75 Å². The third kappa shape index (κ3) is 3.03. The normalized spacial score (nSPS) is 22.4. The Hall–Kier alpha value is -0.800. The van der Waals surface area contributed by atoms with E-state index < -0.39 is 0 Å². The molecule has 0 saturated carbocycles. The maximum Gasteiger partial charge on any atom is 0.126 e. The maximum atomic E-state index is 9.87. The Bertz CT molecular complexity index is 508. The molecule has 0 amide bonds. The highest BCUT2D eigenvalue weighted by atomic mass is 79.9. The van der Waals surface area contributed by atoms with Gasteiger partial charge in [0.2, 0.25) is 0 Å². The fraction of sp³-hybridized carbons (Fsp3) is 0.500. The minimum atomic E-state index is -0.265. The highest BCUT2D eigenvalue weighted by molar-refractivity contribution is 9.10. The van der Waals surface area contributed by atoms with Gasteiger partial charge in [0, 0.05) is 10.9 Å². The van der Waals surface area contributed by atoms with Crippen LogP contribution < -0.4 is 4.74 Å². The quantitative estimate of drug-likeness (QED) is 0.839. The Morgan fingerprint density at radius 1 is 1.26 bits per heavy atom. The summed E-state index contributed by atoms with van der Waals surface area (Å²) in [6.07, 6.45) is 7.99. The first-order chi connectivity index (χ1) is 9.22. The number of allylic oxidation sites excluding steroid dienone is 1. The number of ether oxygens (including phenoxy) is 1. The fourth-order valence-electron chi connectivity index (χ4n) is 3.01. The molecule has 1 N–H and O–H groups in total. The van der Waals surface area contributed by atoms with Crippen molar-refractivity contribution in [1.29, 1.82) is 0 Å². The van der Waals surface area contributed by atoms with Crippen molar-refractivity contribution < 1.29 is 9.84 Å². The molecule has 2 aliphatic rings. The molecule has 2 nitrogen and oxygen atoms in total. The van der Waals surface area contributed by atoms with E-state index in [0.717, 1.165) is 48.9 Å². The molecule has 0 fully saturated rings. The SMILES string of the molecule is OC1C=C(Cc2cc(Br)cc3c2OCC3)CCCC1. The molecule has 1 aliphatic heterocycles. The molecule has 19 heavy (non-hydrogen) atoms. The summed E-state index contributed by atoms with van der Waals surface area (Å²) >= 11 is 3.58. The summed E-state index contributed by atoms with van der Waals surface area (Å²) in [4.78, 5) is 0. The van der Waals surface area contributed by atoms with Crippen LogP contribution in [0, 0.1) is 0 Å². The summed E-state index contributed by atoms with van der Waals surface area (Å²) in [7, 11) is 0. The number of rotatable bonds is 2. The van der Waals surface area contributed by atoms with Crippen molar-refractivity contribution in [2.45, 2.75) is 44.6 Å². The van der Waals surface area contributed by atoms with Crippen molar-refractivity contribution >= 4 is 15.9 Å². The van der Waals surface area contributed by atoms with E-state index in [2.05, 4.69) is 34.1 Å². The van der Waals surface area contributed by atoms with Crippen molar-refractivity contribution in [3.05, 3.63) is 39.4 Å². The van der Waals surface area contributed by atoms with Gasteiger partial charge in [0.1, 0.15) is 5.75 Å². The van der Waals surface area contributed by atoms with Gasteiger partial charge in [-0.05, 0) is 48.9 Å². The largest absolute Gasteiger partial charge is 0.493 e. The summed E-state index contributed by atoms with van der Waals surface area (Å²) in [5.41, 5.74) is 3.90. The average molecular weight is 323 g/mol. The molecule has 3 heteroatoms. The first-order valence-corrected chi connectivity index (χ1v) is 7.83. The lowest BCUT2D eigenvalue weighted by molar-refractivity contribution is 0.211. The second-order valence-electron chi connectivity index (χ2n) is 5.47. The highest BCUT2D eigenvalue weighted by Crippen LogP contribution is 2.35. The van der Waals surface area contributed by atoms with E-state index in [9.17, 15) is 5.11 Å². The second kappa shape index (κ2) is 5.68. The lowest BCUT2D eigenvalue weighted by Gasteiger charge is -2.11. The van der Waals surface area contributed by atoms with Crippen molar-refractivity contribution in [1.82, 2.24) is 0 Å². The van der Waals surface area contributed by atoms with Gasteiger partial charge in [0.15, 0.2) is 0 Å². The van der Waals surface area contributed by atoms with E-state index in [4.69, 9.17) is 4.74 Å². The van der Waals surface area contributed by atoms with Crippen LogP contribution in [0.3, 0.4) is 0 Å². The number of fused-ring (bicyclic) bond motifs is 1. The van der Waals surface area contributed by atoms with Crippen molar-refractivity contribution in [2.24, 2.45) is 0 Å². The minimum absolute atomic E-state index is 0.265. The van der Waals surface area contributed by atoms with Gasteiger partial charge in [-0.3, -0.25) is 0 Å². The average Bonchev–Trinajstić information content (AvgIpc) is 2.73. The Morgan fingerprint density at radius 2 is 2.16 bits per heavy atom. The summed E-state index contributed by atoms with van der Waals surface area (Å²) in [5.74, 6) is 1.07. The zero-order chi connectivity index (χ0) is 13.2. The number of aliphatic hydroxyl groups is 1. The van der Waals surface area contributed by atoms with Gasteiger partial charge in [-0.15, -0.1) is 0 Å². The Balaban J connectivity index is 1.87. The van der Waals surface area contributed by atoms with Crippen LogP contribution in [0.5, 0.6) is 5.75 Å². The molecular formula is C16H19BrO2. The van der Waals surface area contributed by atoms with Crippen LogP contribution in [-0.4, -0.2) is 17.8 Å². The summed E-state index contributed by atoms with van der Waals surface area (Å²) in [5, 5.41) is 9.87. The number of halogens is 1. The third-order valence-electron chi connectivity index (χ3n) is 3.92. The van der Waals surface area contributed by atoms with Gasteiger partial charge in [0.25, 0.3) is 0 Å². The monoisotopic (exact) mass is 322 g/mol. The van der Waals surface area contributed by atoms with Crippen molar-refractivity contribution in [2.75, 3.05) is 6.61 Å². The standard InChI is InChI=1S/C16H19BrO2/c17-14-9-12-5-6-19-16(12)13(10-14)7-11-3-1-2-4-15(18)8-11/h8-10,15,18H,1-7H2. The zero-order valence-electron chi connectivity index (χ0n) is 11.0. The van der Waals surface area contributed by atoms with Crippen molar-refractivity contribution in [3.63, 3.8) is 0 Å². The smallest absolute Gasteiger partial charge is 0.126 e. The van der Waals surface area contributed by atoms with E-state index in [1.165, 1.54) is 23.1 Å². The van der Waals surface area contributed by atoms with Crippen LogP contribution in [0.1, 0.15) is 36.8 Å². The highest BCUT2D eigenvalue weighted by Gasteiger charge is 2.19. The number of benzene rings is 1. The molecule has 0 aromatic heterocycles. The Morgan fingerprint density at radius 3 is 3.05 bits per heavy atom. The van der Waals surface area contributed by atoms with E-state index >= 15 is 0 Å². The van der Waals surface area contributed by atoms with Crippen LogP contribution in [0.4, 0.5) is 0 Å². The predicted octanol–water partition coefficient (Wildman–Crippen LogP) is 3.79. The molecule has 1 aromatic carbocycles. The van der Waals surface area contributed by atoms with Crippen LogP contribution in [0.25, 0.3) is 0 Å². The van der Waals surface area contributed by atoms with Crippen LogP contribution in [0.2, 0.25) is 0 Å². The van der Waals surface area contributed by atoms with Gasteiger partial charge in [-0.25, -0.2) is 0 Å². The molecule has 0 radical (unpaired) electrons. The molecule has 1 heterocycles. The molecule has 0 saturated heterocycles. The minimum Gasteiger partial charge on any atom is -0.493 e. The first kappa shape index (κ1) is 13.2. The Kier molecular flexibility index (Phi) is 3.94. The number of hydrogen-bond donors (Lipinski definition) is 1. The molecule has 0 bridgehead atoms. The fourth-order valence-corrected chi connectivity index (χ4v) is 3.57. The van der Waals surface area contributed by atoms with Gasteiger partial charge in [-0.2, -0.15) is 0 Å². The second-order valence-corrected chi connectivity index (χ2v) is 6.38. The van der Waals surface area contributed by atoms with Crippen LogP contribution >= 0.6 is 15.9 Å². The molecule has 1 aromatic rings. The molecule has 0 spiro atoms. The predicted molar refractivity (Wildman–Crippen MR) is 79.6 cm³/mol. The molecular weight excluding hydrogens is 304 g/mol. The molecule has 1 unspecified atom stereocenters. The third-order valence-corrected chi connectivity index (χ3v) is 4.38. The summed E-state index contributed by atoms with van der Waals surface area (Å²) < 4.78 is 6.90. The van der Waals surface area contributed by atoms with Gasteiger partial charge in [0.05, 0.1) is 12.7 Å². The molecule has 1 atom stereocenters. The van der Waals surface area contributed by atoms with Gasteiger partial charge < -0.3 is 9.84 Å². The maximum absolute atomic E-state index is 9.87. The van der Waals surface area contributed by atoms with E-state index in [-0.39, 0.29) is 6.10 Å². The van der Waals surface area contributed by atoms with Crippen LogP contribution in [0.15, 0.2) is 28.3 Å². The van der Waals surface area contributed by atoms with E-state index in [0.29, 0.717) is 0 Å². The number of hydrogen-bond acceptors (Lipinski definition) is 2. The van der Waals surface area contributed by atoms with E-state index in [1.807, 2.05) is 0 Å². The van der Waals surface area contributed by atoms with Crippen LogP contribution in [-0.2, 0) is 12.8 Å². The topological polar surface area (TPSA) is 29.5 Å². The summed E-state index contributed by atoms with van der Waals surface area (Å²) in [6, 6.07) is 4.31. The van der Waals surface area contributed by atoms with Gasteiger partial charge >= 0.3 is 0 Å². The number of aliphatic hydroxyl groups excluding tert-OH is 1. The lowest BCUT2D eigenvalue weighted by atomic mass is 9.98. The molecule has 1 aliphatic carbocycles. The Labute approximate surface area is 122 Å². The molecule has 102 valence electrons. The zero-order valence-corrected chi connectivity index (χ0v) is 12.6. The summed E-state index contributed by atoms with van der Waals surface area (Å²) in [6.45, 7) is 0.792.